The van der Waals surface area contributed by atoms with E-state index in [2.05, 4.69) is 10.9 Å². The molecule has 3 atom stereocenters. The van der Waals surface area contributed by atoms with Gasteiger partial charge in [-0.25, -0.2) is 0 Å². The topological polar surface area (TPSA) is 67.2 Å². The van der Waals surface area contributed by atoms with Crippen LogP contribution in [0.1, 0.15) is 17.9 Å². The average Bonchev–Trinajstić information content (AvgIpc) is 3.18. The van der Waals surface area contributed by atoms with E-state index in [1.807, 2.05) is 0 Å². The Balaban J connectivity index is 2.08. The summed E-state index contributed by atoms with van der Waals surface area (Å²) in [5, 5.41) is 0. The van der Waals surface area contributed by atoms with Crippen LogP contribution in [0.5, 0.6) is 0 Å². The standard InChI is InChI=1S/C22H20F3N3O/c23-22(24,25)18(15-8-3-1-4-9-15)21(13-7-10-17-16(21)14-27-28-17)20(19(26)29)11-5-2-6-12-20/h1-11,13-14,18,27-28H,12H2,(H2,26,29). The Morgan fingerprint density at radius 1 is 1.10 bits per heavy atom. The van der Waals surface area contributed by atoms with E-state index in [0.717, 1.165) is 0 Å². The Labute approximate surface area is 166 Å². The smallest absolute Gasteiger partial charge is 0.369 e. The molecule has 0 saturated carbocycles. The van der Waals surface area contributed by atoms with Crippen LogP contribution in [-0.2, 0) is 4.79 Å². The molecule has 1 amide bonds. The summed E-state index contributed by atoms with van der Waals surface area (Å²) in [5.41, 5.74) is 9.04. The first-order valence-electron chi connectivity index (χ1n) is 9.21. The first-order chi connectivity index (χ1) is 13.8. The Bertz CT molecular complexity index is 975. The van der Waals surface area contributed by atoms with Crippen LogP contribution in [0.3, 0.4) is 0 Å². The molecule has 3 unspecified atom stereocenters. The van der Waals surface area contributed by atoms with Gasteiger partial charge in [0.25, 0.3) is 0 Å². The molecule has 3 aliphatic rings. The average molecular weight is 399 g/mol. The van der Waals surface area contributed by atoms with Gasteiger partial charge in [-0.15, -0.1) is 0 Å². The number of primary amides is 1. The lowest BCUT2D eigenvalue weighted by Gasteiger charge is -2.52. The van der Waals surface area contributed by atoms with Crippen LogP contribution in [0.15, 0.2) is 90.3 Å². The van der Waals surface area contributed by atoms with Gasteiger partial charge in [-0.05, 0) is 18.1 Å². The summed E-state index contributed by atoms with van der Waals surface area (Å²) < 4.78 is 44.3. The van der Waals surface area contributed by atoms with E-state index < -0.39 is 28.8 Å². The predicted molar refractivity (Wildman–Crippen MR) is 104 cm³/mol. The van der Waals surface area contributed by atoms with Gasteiger partial charge in [-0.2, -0.15) is 13.2 Å². The minimum Gasteiger partial charge on any atom is -0.369 e. The molecule has 2 aliphatic carbocycles. The lowest BCUT2D eigenvalue weighted by molar-refractivity contribution is -0.180. The first-order valence-corrected chi connectivity index (χ1v) is 9.21. The highest BCUT2D eigenvalue weighted by molar-refractivity contribution is 5.87. The second-order valence-corrected chi connectivity index (χ2v) is 7.35. The normalized spacial score (nSPS) is 28.7. The van der Waals surface area contributed by atoms with Gasteiger partial charge < -0.3 is 16.6 Å². The summed E-state index contributed by atoms with van der Waals surface area (Å²) in [6.45, 7) is 0. The monoisotopic (exact) mass is 399 g/mol. The van der Waals surface area contributed by atoms with Crippen molar-refractivity contribution in [3.63, 3.8) is 0 Å². The number of fused-ring (bicyclic) bond motifs is 1. The quantitative estimate of drug-likeness (QED) is 0.722. The van der Waals surface area contributed by atoms with E-state index >= 15 is 0 Å². The Morgan fingerprint density at radius 3 is 2.48 bits per heavy atom. The molecule has 0 radical (unpaired) electrons. The van der Waals surface area contributed by atoms with E-state index in [1.165, 1.54) is 30.5 Å². The number of allylic oxidation sites excluding steroid dienone is 7. The van der Waals surface area contributed by atoms with Crippen LogP contribution in [0.25, 0.3) is 0 Å². The van der Waals surface area contributed by atoms with Gasteiger partial charge in [-0.1, -0.05) is 66.8 Å². The van der Waals surface area contributed by atoms with E-state index in [4.69, 9.17) is 5.73 Å². The molecule has 1 heterocycles. The van der Waals surface area contributed by atoms with Crippen LogP contribution in [-0.4, -0.2) is 12.1 Å². The fourth-order valence-electron chi connectivity index (χ4n) is 4.76. The number of rotatable bonds is 4. The van der Waals surface area contributed by atoms with Gasteiger partial charge in [0.1, 0.15) is 0 Å². The maximum absolute atomic E-state index is 14.8. The maximum atomic E-state index is 14.8. The molecule has 150 valence electrons. The highest BCUT2D eigenvalue weighted by Crippen LogP contribution is 2.65. The van der Waals surface area contributed by atoms with Crippen molar-refractivity contribution >= 4 is 5.91 Å². The van der Waals surface area contributed by atoms with Crippen LogP contribution < -0.4 is 16.6 Å². The number of hydrogen-bond acceptors (Lipinski definition) is 3. The van der Waals surface area contributed by atoms with Crippen LogP contribution in [0.4, 0.5) is 13.2 Å². The lowest BCUT2D eigenvalue weighted by atomic mass is 9.49. The number of nitrogens with one attached hydrogen (secondary N) is 2. The number of amides is 1. The van der Waals surface area contributed by atoms with Crippen molar-refractivity contribution in [3.05, 3.63) is 95.9 Å². The number of nitrogens with two attached hydrogens (primary N) is 1. The van der Waals surface area contributed by atoms with Gasteiger partial charge >= 0.3 is 6.18 Å². The molecule has 0 spiro atoms. The van der Waals surface area contributed by atoms with Gasteiger partial charge in [0.15, 0.2) is 0 Å². The minimum atomic E-state index is -4.64. The van der Waals surface area contributed by atoms with Gasteiger partial charge in [0.2, 0.25) is 5.91 Å². The summed E-state index contributed by atoms with van der Waals surface area (Å²) >= 11 is 0. The molecule has 0 saturated heterocycles. The zero-order chi connectivity index (χ0) is 20.7. The van der Waals surface area contributed by atoms with Crippen molar-refractivity contribution in [2.45, 2.75) is 18.5 Å². The molecule has 4 N–H and O–H groups in total. The third-order valence-corrected chi connectivity index (χ3v) is 5.94. The van der Waals surface area contributed by atoms with Crippen molar-refractivity contribution in [3.8, 4) is 0 Å². The van der Waals surface area contributed by atoms with Crippen molar-refractivity contribution in [2.75, 3.05) is 0 Å². The predicted octanol–water partition coefficient (Wildman–Crippen LogP) is 3.75. The Morgan fingerprint density at radius 2 is 1.86 bits per heavy atom. The highest BCUT2D eigenvalue weighted by atomic mass is 19.4. The third kappa shape index (κ3) is 2.72. The number of carbonyl (C=O) groups is 1. The van der Waals surface area contributed by atoms with E-state index in [1.54, 1.807) is 48.6 Å². The second kappa shape index (κ2) is 6.69. The third-order valence-electron chi connectivity index (χ3n) is 5.94. The SMILES string of the molecule is NC(=O)C1(C2(C(c3ccccc3)C(F)(F)F)C=CC=C3NNC=C32)C=CC=CC1. The fourth-order valence-corrected chi connectivity index (χ4v) is 4.76. The molecular weight excluding hydrogens is 379 g/mol. The summed E-state index contributed by atoms with van der Waals surface area (Å²) in [4.78, 5) is 12.9. The number of alkyl halides is 3. The van der Waals surface area contributed by atoms with Gasteiger partial charge in [0.05, 0.1) is 22.4 Å². The van der Waals surface area contributed by atoms with Crippen molar-refractivity contribution in [1.82, 2.24) is 10.9 Å². The molecule has 0 fully saturated rings. The molecule has 0 aromatic heterocycles. The van der Waals surface area contributed by atoms with E-state index in [0.29, 0.717) is 11.3 Å². The fraction of sp³-hybridized carbons (Fsp3) is 0.227. The van der Waals surface area contributed by atoms with Crippen molar-refractivity contribution in [1.29, 1.82) is 0 Å². The molecule has 1 aromatic rings. The van der Waals surface area contributed by atoms with Crippen molar-refractivity contribution in [2.24, 2.45) is 16.6 Å². The van der Waals surface area contributed by atoms with Crippen LogP contribution in [0, 0.1) is 10.8 Å². The Kier molecular flexibility index (Phi) is 4.41. The summed E-state index contributed by atoms with van der Waals surface area (Å²) in [6, 6.07) is 7.69. The first kappa shape index (κ1) is 19.1. The molecule has 0 bridgehead atoms. The molecule has 1 aromatic carbocycles. The summed E-state index contributed by atoms with van der Waals surface area (Å²) in [5.74, 6) is -2.80. The van der Waals surface area contributed by atoms with E-state index in [-0.39, 0.29) is 12.0 Å². The zero-order valence-corrected chi connectivity index (χ0v) is 15.4. The number of hydrazine groups is 1. The zero-order valence-electron chi connectivity index (χ0n) is 15.4. The molecule has 4 nitrogen and oxygen atoms in total. The number of halogens is 3. The lowest BCUT2D eigenvalue weighted by Crippen LogP contribution is -2.56. The van der Waals surface area contributed by atoms with Crippen LogP contribution in [0.2, 0.25) is 0 Å². The van der Waals surface area contributed by atoms with Crippen molar-refractivity contribution < 1.29 is 18.0 Å². The van der Waals surface area contributed by atoms with Crippen LogP contribution >= 0.6 is 0 Å². The molecular formula is C22H20F3N3O. The summed E-state index contributed by atoms with van der Waals surface area (Å²) in [6.07, 6.45) is 8.15. The maximum Gasteiger partial charge on any atom is 0.396 e. The van der Waals surface area contributed by atoms with E-state index in [9.17, 15) is 18.0 Å². The Hall–Kier alpha value is -3.22. The molecule has 4 rings (SSSR count). The minimum absolute atomic E-state index is 0.0627. The number of hydrogen-bond donors (Lipinski definition) is 3. The highest BCUT2D eigenvalue weighted by Gasteiger charge is 2.66. The number of carbonyl (C=O) groups excluding carboxylic acids is 1. The summed E-state index contributed by atoms with van der Waals surface area (Å²) in [7, 11) is 0. The van der Waals surface area contributed by atoms with Gasteiger partial charge in [-0.3, -0.25) is 4.79 Å². The molecule has 7 heteroatoms. The molecule has 1 aliphatic heterocycles. The largest absolute Gasteiger partial charge is 0.396 e. The molecule has 29 heavy (non-hydrogen) atoms. The van der Waals surface area contributed by atoms with Gasteiger partial charge in [0, 0.05) is 11.8 Å². The number of benzene rings is 1. The second-order valence-electron chi connectivity index (χ2n) is 7.35.